The topological polar surface area (TPSA) is 64.6 Å². The van der Waals surface area contributed by atoms with Gasteiger partial charge in [0.25, 0.3) is 0 Å². The monoisotopic (exact) mass is 349 g/mol. The summed E-state index contributed by atoms with van der Waals surface area (Å²) in [5, 5.41) is 0. The molecule has 0 atom stereocenters. The Kier molecular flexibility index (Phi) is 6.63. The second-order valence-electron chi connectivity index (χ2n) is 5.11. The molecule has 2 aromatic carbocycles. The van der Waals surface area contributed by atoms with Crippen LogP contribution in [-0.2, 0) is 16.4 Å². The zero-order valence-corrected chi connectivity index (χ0v) is 14.8. The Morgan fingerprint density at radius 2 is 1.67 bits per heavy atom. The maximum Gasteiger partial charge on any atom is 0.240 e. The van der Waals surface area contributed by atoms with Crippen LogP contribution in [0.3, 0.4) is 0 Å². The molecule has 0 heterocycles. The smallest absolute Gasteiger partial charge is 0.240 e. The van der Waals surface area contributed by atoms with E-state index in [-0.39, 0.29) is 18.0 Å². The molecule has 0 saturated heterocycles. The first-order valence-corrected chi connectivity index (χ1v) is 9.48. The second kappa shape index (κ2) is 8.70. The molecule has 0 amide bonds. The maximum atomic E-state index is 12.2. The maximum absolute atomic E-state index is 12.2. The molecule has 0 aliphatic carbocycles. The standard InChI is InChI=1S/C18H23NO4S/c1-3-15-7-5-6-8-18(15)23-14-13-19-24(20,21)17-11-9-16(10-12-17)22-4-2/h5-12,19H,3-4,13-14H2,1-2H3. The minimum absolute atomic E-state index is 0.202. The summed E-state index contributed by atoms with van der Waals surface area (Å²) in [4.78, 5) is 0.208. The molecule has 0 radical (unpaired) electrons. The van der Waals surface area contributed by atoms with Crippen molar-refractivity contribution >= 4 is 10.0 Å². The van der Waals surface area contributed by atoms with Gasteiger partial charge >= 0.3 is 0 Å². The van der Waals surface area contributed by atoms with Crippen LogP contribution >= 0.6 is 0 Å². The summed E-state index contributed by atoms with van der Waals surface area (Å²) in [6.45, 7) is 4.95. The van der Waals surface area contributed by atoms with Crippen LogP contribution in [0.1, 0.15) is 19.4 Å². The van der Waals surface area contributed by atoms with Crippen LogP contribution in [0.2, 0.25) is 0 Å². The highest BCUT2D eigenvalue weighted by molar-refractivity contribution is 7.89. The van der Waals surface area contributed by atoms with Crippen LogP contribution in [0.4, 0.5) is 0 Å². The quantitative estimate of drug-likeness (QED) is 0.707. The van der Waals surface area contributed by atoms with Gasteiger partial charge in [-0.2, -0.15) is 0 Å². The van der Waals surface area contributed by atoms with Gasteiger partial charge in [0.2, 0.25) is 10.0 Å². The van der Waals surface area contributed by atoms with E-state index in [2.05, 4.69) is 11.6 Å². The fourth-order valence-electron chi connectivity index (χ4n) is 2.24. The van der Waals surface area contributed by atoms with E-state index in [0.717, 1.165) is 17.7 Å². The van der Waals surface area contributed by atoms with E-state index < -0.39 is 10.0 Å². The zero-order valence-electron chi connectivity index (χ0n) is 14.0. The van der Waals surface area contributed by atoms with E-state index in [0.29, 0.717) is 12.4 Å². The lowest BCUT2D eigenvalue weighted by Gasteiger charge is -2.11. The van der Waals surface area contributed by atoms with E-state index >= 15 is 0 Å². The van der Waals surface area contributed by atoms with Crippen molar-refractivity contribution in [2.24, 2.45) is 0 Å². The Morgan fingerprint density at radius 3 is 2.33 bits per heavy atom. The van der Waals surface area contributed by atoms with Crippen LogP contribution in [0.15, 0.2) is 53.4 Å². The number of nitrogens with one attached hydrogen (secondary N) is 1. The first-order valence-electron chi connectivity index (χ1n) is 8.00. The van der Waals surface area contributed by atoms with Crippen LogP contribution in [0.5, 0.6) is 11.5 Å². The minimum Gasteiger partial charge on any atom is -0.494 e. The molecule has 2 rings (SSSR count). The van der Waals surface area contributed by atoms with Crippen molar-refractivity contribution in [2.45, 2.75) is 25.2 Å². The zero-order chi connectivity index (χ0) is 17.4. The van der Waals surface area contributed by atoms with Gasteiger partial charge in [0.15, 0.2) is 0 Å². The third-order valence-electron chi connectivity index (χ3n) is 3.45. The molecule has 6 heteroatoms. The van der Waals surface area contributed by atoms with Gasteiger partial charge in [-0.15, -0.1) is 0 Å². The third kappa shape index (κ3) is 4.97. The fraction of sp³-hybridized carbons (Fsp3) is 0.333. The number of para-hydroxylation sites is 1. The van der Waals surface area contributed by atoms with Crippen LogP contribution in [-0.4, -0.2) is 28.2 Å². The van der Waals surface area contributed by atoms with E-state index in [9.17, 15) is 8.42 Å². The third-order valence-corrected chi connectivity index (χ3v) is 4.93. The molecule has 130 valence electrons. The molecule has 0 unspecified atom stereocenters. The molecular weight excluding hydrogens is 326 g/mol. The van der Waals surface area contributed by atoms with Crippen LogP contribution < -0.4 is 14.2 Å². The molecule has 0 fully saturated rings. The SMILES string of the molecule is CCOc1ccc(S(=O)(=O)NCCOc2ccccc2CC)cc1. The van der Waals surface area contributed by atoms with Gasteiger partial charge in [-0.05, 0) is 49.2 Å². The van der Waals surface area contributed by atoms with Gasteiger partial charge in [-0.1, -0.05) is 25.1 Å². The predicted molar refractivity (Wildman–Crippen MR) is 94.1 cm³/mol. The van der Waals surface area contributed by atoms with Gasteiger partial charge in [0.05, 0.1) is 11.5 Å². The summed E-state index contributed by atoms with van der Waals surface area (Å²) >= 11 is 0. The Balaban J connectivity index is 1.88. The van der Waals surface area contributed by atoms with Gasteiger partial charge in [-0.25, -0.2) is 13.1 Å². The molecule has 0 aliphatic rings. The number of sulfonamides is 1. The first kappa shape index (κ1) is 18.3. The average molecular weight is 349 g/mol. The highest BCUT2D eigenvalue weighted by Gasteiger charge is 2.13. The van der Waals surface area contributed by atoms with Crippen LogP contribution in [0.25, 0.3) is 0 Å². The van der Waals surface area contributed by atoms with Crippen molar-refractivity contribution in [1.29, 1.82) is 0 Å². The summed E-state index contributed by atoms with van der Waals surface area (Å²) in [6.07, 6.45) is 0.869. The summed E-state index contributed by atoms with van der Waals surface area (Å²) in [5.74, 6) is 1.44. The van der Waals surface area contributed by atoms with E-state index in [1.54, 1.807) is 12.1 Å². The van der Waals surface area contributed by atoms with Crippen molar-refractivity contribution < 1.29 is 17.9 Å². The lowest BCUT2D eigenvalue weighted by molar-refractivity contribution is 0.319. The molecule has 0 bridgehead atoms. The summed E-state index contributed by atoms with van der Waals surface area (Å²) in [5.41, 5.74) is 1.10. The molecule has 0 aromatic heterocycles. The van der Waals surface area contributed by atoms with Crippen molar-refractivity contribution in [3.05, 3.63) is 54.1 Å². The Hall–Kier alpha value is -2.05. The van der Waals surface area contributed by atoms with Gasteiger partial charge in [0, 0.05) is 6.54 Å². The highest BCUT2D eigenvalue weighted by atomic mass is 32.2. The second-order valence-corrected chi connectivity index (χ2v) is 6.88. The Labute approximate surface area is 143 Å². The number of rotatable bonds is 9. The lowest BCUT2D eigenvalue weighted by Crippen LogP contribution is -2.28. The molecule has 5 nitrogen and oxygen atoms in total. The molecule has 0 spiro atoms. The number of hydrogen-bond donors (Lipinski definition) is 1. The van der Waals surface area contributed by atoms with E-state index in [4.69, 9.17) is 9.47 Å². The Morgan fingerprint density at radius 1 is 0.958 bits per heavy atom. The molecule has 24 heavy (non-hydrogen) atoms. The van der Waals surface area contributed by atoms with Crippen molar-refractivity contribution in [1.82, 2.24) is 4.72 Å². The largest absolute Gasteiger partial charge is 0.494 e. The fourth-order valence-corrected chi connectivity index (χ4v) is 3.25. The summed E-state index contributed by atoms with van der Waals surface area (Å²) in [7, 11) is -3.55. The highest BCUT2D eigenvalue weighted by Crippen LogP contribution is 2.18. The van der Waals surface area contributed by atoms with Crippen LogP contribution in [0, 0.1) is 0 Å². The normalized spacial score (nSPS) is 11.2. The summed E-state index contributed by atoms with van der Waals surface area (Å²) < 4.78 is 38.0. The van der Waals surface area contributed by atoms with Gasteiger partial charge in [-0.3, -0.25) is 0 Å². The predicted octanol–water partition coefficient (Wildman–Crippen LogP) is 3.01. The lowest BCUT2D eigenvalue weighted by atomic mass is 10.1. The first-order chi connectivity index (χ1) is 11.6. The molecule has 0 saturated carbocycles. The number of aryl methyl sites for hydroxylation is 1. The molecule has 2 aromatic rings. The number of benzene rings is 2. The van der Waals surface area contributed by atoms with E-state index in [1.807, 2.05) is 31.2 Å². The number of hydrogen-bond acceptors (Lipinski definition) is 4. The van der Waals surface area contributed by atoms with Crippen molar-refractivity contribution in [3.63, 3.8) is 0 Å². The van der Waals surface area contributed by atoms with Crippen molar-refractivity contribution in [2.75, 3.05) is 19.8 Å². The summed E-state index contributed by atoms with van der Waals surface area (Å²) in [6, 6.07) is 14.1. The van der Waals surface area contributed by atoms with Gasteiger partial charge in [0.1, 0.15) is 18.1 Å². The van der Waals surface area contributed by atoms with Gasteiger partial charge < -0.3 is 9.47 Å². The average Bonchev–Trinajstić information content (AvgIpc) is 2.60. The van der Waals surface area contributed by atoms with E-state index in [1.165, 1.54) is 12.1 Å². The minimum atomic E-state index is -3.55. The molecular formula is C18H23NO4S. The molecule has 1 N–H and O–H groups in total. The van der Waals surface area contributed by atoms with Crippen molar-refractivity contribution in [3.8, 4) is 11.5 Å². The Bertz CT molecular complexity index is 742. The molecule has 0 aliphatic heterocycles. The number of ether oxygens (including phenoxy) is 2.